The number of benzene rings is 1. The van der Waals surface area contributed by atoms with E-state index in [-0.39, 0.29) is 28.9 Å². The molecule has 1 fully saturated rings. The Labute approximate surface area is 232 Å². The van der Waals surface area contributed by atoms with Gasteiger partial charge in [-0.15, -0.1) is 0 Å². The van der Waals surface area contributed by atoms with Crippen molar-refractivity contribution in [2.24, 2.45) is 5.92 Å². The van der Waals surface area contributed by atoms with Crippen LogP contribution in [-0.2, 0) is 9.53 Å². The fourth-order valence-electron chi connectivity index (χ4n) is 6.06. The van der Waals surface area contributed by atoms with E-state index >= 15 is 0 Å². The summed E-state index contributed by atoms with van der Waals surface area (Å²) >= 11 is 6.41. The first-order chi connectivity index (χ1) is 18.7. The van der Waals surface area contributed by atoms with Gasteiger partial charge in [0.05, 0.1) is 36.4 Å². The summed E-state index contributed by atoms with van der Waals surface area (Å²) < 4.78 is 27.3. The molecule has 0 spiro atoms. The average Bonchev–Trinajstić information content (AvgIpc) is 3.49. The molecule has 4 aromatic rings. The Bertz CT molecular complexity index is 1520. The molecular formula is C30H34ClFN4O3. The van der Waals surface area contributed by atoms with Crippen molar-refractivity contribution in [3.05, 3.63) is 63.9 Å². The lowest BCUT2D eigenvalue weighted by atomic mass is 9.86. The van der Waals surface area contributed by atoms with Crippen LogP contribution < -0.4 is 4.74 Å². The summed E-state index contributed by atoms with van der Waals surface area (Å²) in [7, 11) is 1.56. The molecular weight excluding hydrogens is 519 g/mol. The van der Waals surface area contributed by atoms with Gasteiger partial charge in [-0.1, -0.05) is 18.5 Å². The standard InChI is InChI=1S/C30H34ClFN4O3/c1-6-39-30(37)19-7-9-21(10-8-19)36-18(4)27(17(3)35-36)20-13-22-23(15-34-29(22)33-14-20)16(2)26-25(38-5)12-11-24(32)28(26)31/h11-16,19,21H,6-10H2,1-5H3,(H,33,34). The number of aryl methyl sites for hydroxylation is 1. The minimum Gasteiger partial charge on any atom is -0.496 e. The van der Waals surface area contributed by atoms with Crippen LogP contribution in [0.15, 0.2) is 30.6 Å². The zero-order valence-corrected chi connectivity index (χ0v) is 23.7. The maximum absolute atomic E-state index is 14.4. The third-order valence-corrected chi connectivity index (χ3v) is 8.44. The number of rotatable bonds is 7. The summed E-state index contributed by atoms with van der Waals surface area (Å²) in [5.41, 5.74) is 6.32. The van der Waals surface area contributed by atoms with E-state index in [0.717, 1.165) is 64.8 Å². The molecule has 3 heterocycles. The Morgan fingerprint density at radius 3 is 2.69 bits per heavy atom. The minimum absolute atomic E-state index is 0.0246. The number of aromatic nitrogens is 4. The van der Waals surface area contributed by atoms with E-state index in [2.05, 4.69) is 22.7 Å². The number of halogens is 2. The summed E-state index contributed by atoms with van der Waals surface area (Å²) in [6.45, 7) is 8.36. The second-order valence-corrected chi connectivity index (χ2v) is 10.7. The fourth-order valence-corrected chi connectivity index (χ4v) is 6.38. The van der Waals surface area contributed by atoms with E-state index in [1.807, 2.05) is 33.2 Å². The number of esters is 1. The third kappa shape index (κ3) is 4.91. The molecule has 39 heavy (non-hydrogen) atoms. The Morgan fingerprint density at radius 2 is 2.00 bits per heavy atom. The second-order valence-electron chi connectivity index (χ2n) is 10.3. The molecule has 0 aliphatic heterocycles. The maximum atomic E-state index is 14.4. The van der Waals surface area contributed by atoms with Gasteiger partial charge in [0.1, 0.15) is 17.2 Å². The van der Waals surface area contributed by atoms with Crippen LogP contribution >= 0.6 is 11.6 Å². The highest BCUT2D eigenvalue weighted by atomic mass is 35.5. The molecule has 1 atom stereocenters. The predicted molar refractivity (Wildman–Crippen MR) is 150 cm³/mol. The molecule has 0 amide bonds. The van der Waals surface area contributed by atoms with Gasteiger partial charge >= 0.3 is 5.97 Å². The van der Waals surface area contributed by atoms with Crippen molar-refractivity contribution in [2.75, 3.05) is 13.7 Å². The Balaban J connectivity index is 1.47. The van der Waals surface area contributed by atoms with Gasteiger partial charge in [-0.05, 0) is 70.2 Å². The van der Waals surface area contributed by atoms with Crippen LogP contribution in [0.2, 0.25) is 5.02 Å². The van der Waals surface area contributed by atoms with Crippen LogP contribution in [0.25, 0.3) is 22.2 Å². The van der Waals surface area contributed by atoms with Gasteiger partial charge in [-0.3, -0.25) is 9.48 Å². The number of nitrogens with zero attached hydrogens (tertiary/aromatic N) is 3. The number of carbonyl (C=O) groups excluding carboxylic acids is 1. The minimum atomic E-state index is -0.479. The molecule has 0 saturated heterocycles. The molecule has 206 valence electrons. The summed E-state index contributed by atoms with van der Waals surface area (Å²) in [5, 5.41) is 5.92. The maximum Gasteiger partial charge on any atom is 0.308 e. The molecule has 1 aliphatic rings. The molecule has 0 radical (unpaired) electrons. The molecule has 1 unspecified atom stereocenters. The van der Waals surface area contributed by atoms with E-state index < -0.39 is 5.82 Å². The van der Waals surface area contributed by atoms with E-state index in [0.29, 0.717) is 17.9 Å². The van der Waals surface area contributed by atoms with Crippen molar-refractivity contribution in [1.82, 2.24) is 19.7 Å². The first-order valence-corrected chi connectivity index (χ1v) is 13.8. The number of fused-ring (bicyclic) bond motifs is 1. The molecule has 1 aliphatic carbocycles. The monoisotopic (exact) mass is 552 g/mol. The molecule has 1 saturated carbocycles. The van der Waals surface area contributed by atoms with Crippen LogP contribution in [0.1, 0.15) is 74.0 Å². The number of methoxy groups -OCH3 is 1. The lowest BCUT2D eigenvalue weighted by Crippen LogP contribution is -2.26. The normalized spacial score (nSPS) is 18.3. The van der Waals surface area contributed by atoms with Crippen LogP contribution in [0.4, 0.5) is 4.39 Å². The first kappa shape index (κ1) is 27.2. The Kier molecular flexibility index (Phi) is 7.67. The van der Waals surface area contributed by atoms with Crippen molar-refractivity contribution in [3.8, 4) is 16.9 Å². The lowest BCUT2D eigenvalue weighted by molar-refractivity contribution is -0.149. The molecule has 1 aromatic carbocycles. The van der Waals surface area contributed by atoms with Crippen molar-refractivity contribution in [2.45, 2.75) is 65.3 Å². The van der Waals surface area contributed by atoms with Crippen LogP contribution in [0, 0.1) is 25.6 Å². The second kappa shape index (κ2) is 11.0. The summed E-state index contributed by atoms with van der Waals surface area (Å²) in [5.74, 6) is -0.291. The van der Waals surface area contributed by atoms with Gasteiger partial charge in [-0.2, -0.15) is 5.10 Å². The number of H-pyrrole nitrogens is 1. The Morgan fingerprint density at radius 1 is 1.26 bits per heavy atom. The van der Waals surface area contributed by atoms with Crippen molar-refractivity contribution >= 4 is 28.6 Å². The third-order valence-electron chi connectivity index (χ3n) is 8.05. The van der Waals surface area contributed by atoms with Gasteiger partial charge in [0, 0.05) is 46.1 Å². The molecule has 5 rings (SSSR count). The highest BCUT2D eigenvalue weighted by Crippen LogP contribution is 2.42. The summed E-state index contributed by atoms with van der Waals surface area (Å²) in [4.78, 5) is 20.1. The molecule has 7 nitrogen and oxygen atoms in total. The van der Waals surface area contributed by atoms with E-state index in [9.17, 15) is 9.18 Å². The van der Waals surface area contributed by atoms with Crippen LogP contribution in [0.3, 0.4) is 0 Å². The van der Waals surface area contributed by atoms with Crippen molar-refractivity contribution in [1.29, 1.82) is 0 Å². The summed E-state index contributed by atoms with van der Waals surface area (Å²) in [6.07, 6.45) is 7.15. The molecule has 3 aromatic heterocycles. The van der Waals surface area contributed by atoms with Gasteiger partial charge in [-0.25, -0.2) is 9.37 Å². The number of carbonyl (C=O) groups is 1. The van der Waals surface area contributed by atoms with Crippen LogP contribution in [0.5, 0.6) is 5.75 Å². The number of pyridine rings is 1. The predicted octanol–water partition coefficient (Wildman–Crippen LogP) is 7.29. The van der Waals surface area contributed by atoms with Crippen molar-refractivity contribution < 1.29 is 18.7 Å². The molecule has 1 N–H and O–H groups in total. The molecule has 9 heteroatoms. The number of ether oxygens (including phenoxy) is 2. The first-order valence-electron chi connectivity index (χ1n) is 13.5. The summed E-state index contributed by atoms with van der Waals surface area (Å²) in [6, 6.07) is 5.28. The zero-order chi connectivity index (χ0) is 27.8. The highest BCUT2D eigenvalue weighted by Gasteiger charge is 2.30. The highest BCUT2D eigenvalue weighted by molar-refractivity contribution is 6.31. The van der Waals surface area contributed by atoms with Gasteiger partial charge in [0.2, 0.25) is 0 Å². The van der Waals surface area contributed by atoms with Gasteiger partial charge in [0.25, 0.3) is 0 Å². The number of nitrogens with one attached hydrogen (secondary N) is 1. The van der Waals surface area contributed by atoms with Crippen molar-refractivity contribution in [3.63, 3.8) is 0 Å². The van der Waals surface area contributed by atoms with E-state index in [1.54, 1.807) is 13.2 Å². The number of hydrogen-bond acceptors (Lipinski definition) is 5. The van der Waals surface area contributed by atoms with Gasteiger partial charge < -0.3 is 14.5 Å². The van der Waals surface area contributed by atoms with Gasteiger partial charge in [0.15, 0.2) is 0 Å². The van der Waals surface area contributed by atoms with E-state index in [1.165, 1.54) is 6.07 Å². The Hall–Kier alpha value is -3.39. The smallest absolute Gasteiger partial charge is 0.308 e. The SMILES string of the molecule is CCOC(=O)C1CCC(n2nc(C)c(-c3cnc4[nH]cc(C(C)c5c(OC)ccc(F)c5Cl)c4c3)c2C)CC1. The van der Waals surface area contributed by atoms with Crippen LogP contribution in [-0.4, -0.2) is 39.4 Å². The lowest BCUT2D eigenvalue weighted by Gasteiger charge is -2.28. The number of hydrogen-bond donors (Lipinski definition) is 1. The molecule has 0 bridgehead atoms. The largest absolute Gasteiger partial charge is 0.496 e. The quantitative estimate of drug-likeness (QED) is 0.243. The average molecular weight is 553 g/mol. The zero-order valence-electron chi connectivity index (χ0n) is 23.0. The fraction of sp³-hybridized carbons (Fsp3) is 0.433. The number of aromatic amines is 1. The van der Waals surface area contributed by atoms with E-state index in [4.69, 9.17) is 31.2 Å². The topological polar surface area (TPSA) is 82.0 Å².